The SMILES string of the molecule is O=C(OCCSc1nnnn1-c1cccc2ccccc12)c1ccccc1Cl. The van der Waals surface area contributed by atoms with Crippen molar-refractivity contribution in [3.63, 3.8) is 0 Å². The molecule has 8 heteroatoms. The van der Waals surface area contributed by atoms with Crippen LogP contribution in [0.4, 0.5) is 0 Å². The number of rotatable bonds is 6. The molecule has 0 unspecified atom stereocenters. The lowest BCUT2D eigenvalue weighted by molar-refractivity contribution is 0.0530. The molecule has 4 aromatic rings. The van der Waals surface area contributed by atoms with E-state index in [9.17, 15) is 4.79 Å². The highest BCUT2D eigenvalue weighted by molar-refractivity contribution is 7.99. The van der Waals surface area contributed by atoms with Crippen molar-refractivity contribution in [1.82, 2.24) is 20.2 Å². The third-order valence-corrected chi connectivity index (χ3v) is 5.29. The van der Waals surface area contributed by atoms with Crippen molar-refractivity contribution in [3.05, 3.63) is 77.3 Å². The van der Waals surface area contributed by atoms with Gasteiger partial charge in [0.15, 0.2) is 0 Å². The molecule has 140 valence electrons. The molecule has 4 rings (SSSR count). The van der Waals surface area contributed by atoms with Crippen LogP contribution in [-0.4, -0.2) is 38.5 Å². The van der Waals surface area contributed by atoms with Crippen LogP contribution in [0.2, 0.25) is 5.02 Å². The first kappa shape index (κ1) is 18.5. The van der Waals surface area contributed by atoms with Crippen molar-refractivity contribution in [2.24, 2.45) is 0 Å². The van der Waals surface area contributed by atoms with Crippen molar-refractivity contribution in [2.45, 2.75) is 5.16 Å². The molecular weight excluding hydrogens is 396 g/mol. The third kappa shape index (κ3) is 3.85. The average molecular weight is 411 g/mol. The second-order valence-corrected chi connectivity index (χ2v) is 7.31. The Labute approximate surface area is 170 Å². The monoisotopic (exact) mass is 410 g/mol. The van der Waals surface area contributed by atoms with E-state index >= 15 is 0 Å². The number of benzene rings is 3. The molecule has 0 saturated carbocycles. The molecule has 0 N–H and O–H groups in total. The molecule has 3 aromatic carbocycles. The van der Waals surface area contributed by atoms with Crippen LogP contribution in [0.25, 0.3) is 16.5 Å². The van der Waals surface area contributed by atoms with Gasteiger partial charge in [-0.1, -0.05) is 71.9 Å². The Balaban J connectivity index is 1.43. The highest BCUT2D eigenvalue weighted by Gasteiger charge is 2.13. The Morgan fingerprint density at radius 2 is 1.82 bits per heavy atom. The molecule has 0 atom stereocenters. The third-order valence-electron chi connectivity index (χ3n) is 4.08. The van der Waals surface area contributed by atoms with Gasteiger partial charge >= 0.3 is 5.97 Å². The zero-order chi connectivity index (χ0) is 19.3. The van der Waals surface area contributed by atoms with Crippen LogP contribution in [0, 0.1) is 0 Å². The molecule has 6 nitrogen and oxygen atoms in total. The number of hydrogen-bond donors (Lipinski definition) is 0. The number of thioether (sulfide) groups is 1. The number of nitrogens with zero attached hydrogens (tertiary/aromatic N) is 4. The van der Waals surface area contributed by atoms with Gasteiger partial charge in [0.1, 0.15) is 6.61 Å². The summed E-state index contributed by atoms with van der Waals surface area (Å²) < 4.78 is 7.00. The predicted octanol–water partition coefficient (Wildman–Crippen LogP) is 4.42. The van der Waals surface area contributed by atoms with Crippen molar-refractivity contribution in [1.29, 1.82) is 0 Å². The molecule has 0 bridgehead atoms. The second kappa shape index (κ2) is 8.41. The lowest BCUT2D eigenvalue weighted by atomic mass is 10.1. The predicted molar refractivity (Wildman–Crippen MR) is 109 cm³/mol. The van der Waals surface area contributed by atoms with Gasteiger partial charge < -0.3 is 4.74 Å². The van der Waals surface area contributed by atoms with Crippen LogP contribution in [0.3, 0.4) is 0 Å². The standard InChI is InChI=1S/C20H15ClN4O2S/c21-17-10-4-3-9-16(17)19(26)27-12-13-28-20-22-23-24-25(20)18-11-5-7-14-6-1-2-8-15(14)18/h1-11H,12-13H2. The molecular formula is C20H15ClN4O2S. The number of halogens is 1. The van der Waals surface area contributed by atoms with E-state index in [-0.39, 0.29) is 6.61 Å². The van der Waals surface area contributed by atoms with Crippen molar-refractivity contribution in [3.8, 4) is 5.69 Å². The number of ether oxygens (including phenoxy) is 1. The Bertz CT molecular complexity index is 1130. The number of fused-ring (bicyclic) bond motifs is 1. The molecule has 0 aliphatic heterocycles. The minimum absolute atomic E-state index is 0.219. The van der Waals surface area contributed by atoms with E-state index in [1.54, 1.807) is 28.9 Å². The van der Waals surface area contributed by atoms with E-state index < -0.39 is 5.97 Å². The number of aromatic nitrogens is 4. The van der Waals surface area contributed by atoms with Crippen LogP contribution >= 0.6 is 23.4 Å². The topological polar surface area (TPSA) is 69.9 Å². The van der Waals surface area contributed by atoms with E-state index in [0.29, 0.717) is 21.5 Å². The summed E-state index contributed by atoms with van der Waals surface area (Å²) >= 11 is 7.43. The lowest BCUT2D eigenvalue weighted by Crippen LogP contribution is -2.09. The number of carbonyl (C=O) groups is 1. The maximum atomic E-state index is 12.1. The Hall–Kier alpha value is -2.90. The number of esters is 1. The maximum Gasteiger partial charge on any atom is 0.339 e. The summed E-state index contributed by atoms with van der Waals surface area (Å²) in [6, 6.07) is 20.9. The van der Waals surface area contributed by atoms with Gasteiger partial charge in [-0.05, 0) is 34.0 Å². The van der Waals surface area contributed by atoms with E-state index in [0.717, 1.165) is 16.5 Å². The summed E-state index contributed by atoms with van der Waals surface area (Å²) in [5.74, 6) is 0.0706. The van der Waals surface area contributed by atoms with Gasteiger partial charge in [0.25, 0.3) is 0 Å². The Kier molecular flexibility index (Phi) is 5.55. The van der Waals surface area contributed by atoms with Gasteiger partial charge in [-0.3, -0.25) is 0 Å². The zero-order valence-corrected chi connectivity index (χ0v) is 16.2. The molecule has 0 amide bonds. The quantitative estimate of drug-likeness (QED) is 0.266. The summed E-state index contributed by atoms with van der Waals surface area (Å²) in [5, 5.41) is 15.2. The van der Waals surface area contributed by atoms with E-state index in [4.69, 9.17) is 16.3 Å². The van der Waals surface area contributed by atoms with Crippen LogP contribution in [0.5, 0.6) is 0 Å². The fraction of sp³-hybridized carbons (Fsp3) is 0.100. The molecule has 0 spiro atoms. The van der Waals surface area contributed by atoms with Gasteiger partial charge in [0, 0.05) is 11.1 Å². The summed E-state index contributed by atoms with van der Waals surface area (Å²) in [6.45, 7) is 0.219. The van der Waals surface area contributed by atoms with E-state index in [1.807, 2.05) is 42.5 Å². The summed E-state index contributed by atoms with van der Waals surface area (Å²) in [7, 11) is 0. The van der Waals surface area contributed by atoms with E-state index in [2.05, 4.69) is 15.5 Å². The van der Waals surface area contributed by atoms with Crippen LogP contribution in [-0.2, 0) is 4.74 Å². The Morgan fingerprint density at radius 3 is 2.71 bits per heavy atom. The summed E-state index contributed by atoms with van der Waals surface area (Å²) in [6.07, 6.45) is 0. The fourth-order valence-electron chi connectivity index (χ4n) is 2.78. The largest absolute Gasteiger partial charge is 0.461 e. The van der Waals surface area contributed by atoms with Gasteiger partial charge in [-0.15, -0.1) is 5.10 Å². The minimum Gasteiger partial charge on any atom is -0.461 e. The van der Waals surface area contributed by atoms with Gasteiger partial charge in [0.2, 0.25) is 5.16 Å². The first-order chi connectivity index (χ1) is 13.7. The molecule has 0 saturated heterocycles. The molecule has 1 heterocycles. The first-order valence-corrected chi connectivity index (χ1v) is 9.91. The van der Waals surface area contributed by atoms with Crippen molar-refractivity contribution < 1.29 is 9.53 Å². The van der Waals surface area contributed by atoms with Gasteiger partial charge in [-0.25, -0.2) is 4.79 Å². The van der Waals surface area contributed by atoms with Gasteiger partial charge in [0.05, 0.1) is 16.3 Å². The lowest BCUT2D eigenvalue weighted by Gasteiger charge is -2.08. The van der Waals surface area contributed by atoms with Crippen LogP contribution < -0.4 is 0 Å². The normalized spacial score (nSPS) is 10.9. The number of carbonyl (C=O) groups excluding carboxylic acids is 1. The summed E-state index contributed by atoms with van der Waals surface area (Å²) in [5.41, 5.74) is 1.26. The molecule has 1 aromatic heterocycles. The maximum absolute atomic E-state index is 12.1. The van der Waals surface area contributed by atoms with Crippen LogP contribution in [0.15, 0.2) is 71.9 Å². The molecule has 28 heavy (non-hydrogen) atoms. The van der Waals surface area contributed by atoms with Crippen molar-refractivity contribution in [2.75, 3.05) is 12.4 Å². The fourth-order valence-corrected chi connectivity index (χ4v) is 3.70. The molecule has 0 aliphatic rings. The number of tetrazole rings is 1. The number of hydrogen-bond acceptors (Lipinski definition) is 6. The highest BCUT2D eigenvalue weighted by Crippen LogP contribution is 2.25. The smallest absolute Gasteiger partial charge is 0.339 e. The second-order valence-electron chi connectivity index (χ2n) is 5.84. The highest BCUT2D eigenvalue weighted by atomic mass is 35.5. The van der Waals surface area contributed by atoms with Crippen molar-refractivity contribution >= 4 is 40.1 Å². The summed E-state index contributed by atoms with van der Waals surface area (Å²) in [4.78, 5) is 12.1. The van der Waals surface area contributed by atoms with E-state index in [1.165, 1.54) is 11.8 Å². The Morgan fingerprint density at radius 1 is 1.04 bits per heavy atom. The first-order valence-electron chi connectivity index (χ1n) is 8.55. The molecule has 0 fully saturated rings. The minimum atomic E-state index is -0.445. The average Bonchev–Trinajstić information content (AvgIpc) is 3.19. The van der Waals surface area contributed by atoms with Crippen LogP contribution in [0.1, 0.15) is 10.4 Å². The molecule has 0 aliphatic carbocycles. The molecule has 0 radical (unpaired) electrons. The van der Waals surface area contributed by atoms with Gasteiger partial charge in [-0.2, -0.15) is 4.68 Å². The zero-order valence-electron chi connectivity index (χ0n) is 14.7.